The van der Waals surface area contributed by atoms with Gasteiger partial charge in [0.2, 0.25) is 5.88 Å². The van der Waals surface area contributed by atoms with Crippen LogP contribution in [0.5, 0.6) is 5.88 Å². The lowest BCUT2D eigenvalue weighted by Gasteiger charge is -2.56. The summed E-state index contributed by atoms with van der Waals surface area (Å²) >= 11 is 0. The standard InChI is InChI=1S/C32H30N8O.C31H32N8O.C30H26F3N7O/c1-37-7-4-23-10-21(14-35-32(23)37)17-39-27-12-28(39)20-38(19-27)30-3-2-24(15-34-30)29-11-25(22-5-8-41-9-6-22)18-40-31(29)26(13-33)16-36-40;1-20-9-22(7-8-33-20)24-10-28(31-25(12-32)15-36-39(31)17-24)23-4-5-29(34-14-23)37-18-26-11-27(19-37)38(26)16-21-3-6-30(40-2)35-13-21;31-30(32,33)27-3-1-19(12-35-27)15-39-24-10-25(39)18-38(17-24)28-4-2-21(13-36-28)26-9-22(20-5-7-41-8-6-20)16-40-29(26)23(11-34)14-37-40/h2-5,7,10-11,14-16,18,27-28H,6,8-9,12,17,19-20H2,1H3;3-6,9-10,13-15,17,20,26-27,33H,7-8,11,16,18-19H2,1-2H3;1-5,9,12-14,16,24-25H,6-8,10,15,17-18H2. The monoisotopic (exact) mass is 1630 g/mol. The van der Waals surface area contributed by atoms with E-state index in [1.807, 2.05) is 83.9 Å². The molecule has 7 unspecified atom stereocenters. The van der Waals surface area contributed by atoms with Crippen LogP contribution in [-0.2, 0) is 42.3 Å². The fourth-order valence-corrected chi connectivity index (χ4v) is 19.3. The molecule has 0 aromatic carbocycles. The Hall–Kier alpha value is -13.1. The van der Waals surface area contributed by atoms with E-state index >= 15 is 0 Å². The van der Waals surface area contributed by atoms with E-state index in [2.05, 4.69) is 180 Å². The number of piperidine rings is 3. The number of hydrogen-bond donors (Lipinski definition) is 1. The lowest BCUT2D eigenvalue weighted by molar-refractivity contribution is -0.141. The van der Waals surface area contributed by atoms with E-state index in [0.717, 1.165) is 186 Å². The van der Waals surface area contributed by atoms with Crippen molar-refractivity contribution in [1.29, 1.82) is 15.8 Å². The van der Waals surface area contributed by atoms with Crippen molar-refractivity contribution in [2.75, 3.05) is 94.1 Å². The molecule has 0 saturated carbocycles. The van der Waals surface area contributed by atoms with Gasteiger partial charge in [0.05, 0.1) is 85.4 Å². The van der Waals surface area contributed by atoms with Crippen LogP contribution in [-0.4, -0.2) is 200 Å². The number of nitrogens with zero attached hydrogens (tertiary/aromatic N) is 22. The highest BCUT2D eigenvalue weighted by molar-refractivity contribution is 5.90. The van der Waals surface area contributed by atoms with Gasteiger partial charge in [0.25, 0.3) is 0 Å². The summed E-state index contributed by atoms with van der Waals surface area (Å²) in [5, 5.41) is 47.3. The first-order valence-corrected chi connectivity index (χ1v) is 41.7. The zero-order valence-electron chi connectivity index (χ0n) is 67.8. The van der Waals surface area contributed by atoms with E-state index in [-0.39, 0.29) is 0 Å². The zero-order valence-corrected chi connectivity index (χ0v) is 67.8. The maximum absolute atomic E-state index is 12.8. The summed E-state index contributed by atoms with van der Waals surface area (Å²) in [5.41, 5.74) is 20.2. The molecule has 29 heteroatoms. The highest BCUT2D eigenvalue weighted by Gasteiger charge is 2.48. The molecule has 13 aromatic rings. The van der Waals surface area contributed by atoms with Crippen LogP contribution >= 0.6 is 0 Å². The van der Waals surface area contributed by atoms with Crippen molar-refractivity contribution < 1.29 is 27.4 Å². The van der Waals surface area contributed by atoms with Crippen LogP contribution in [0.2, 0.25) is 0 Å². The number of piperazine rings is 3. The summed E-state index contributed by atoms with van der Waals surface area (Å²) in [5.74, 6) is 3.53. The summed E-state index contributed by atoms with van der Waals surface area (Å²) in [6.45, 7) is 13.6. The molecule has 9 fully saturated rings. The number of aryl methyl sites for hydroxylation is 1. The lowest BCUT2D eigenvalue weighted by Crippen LogP contribution is -2.68. The van der Waals surface area contributed by atoms with Crippen LogP contribution < -0.4 is 24.8 Å². The minimum absolute atomic E-state index is 0.312. The van der Waals surface area contributed by atoms with Gasteiger partial charge in [-0.1, -0.05) is 30.4 Å². The first-order chi connectivity index (χ1) is 59.6. The van der Waals surface area contributed by atoms with E-state index in [1.54, 1.807) is 30.2 Å². The van der Waals surface area contributed by atoms with E-state index in [9.17, 15) is 29.0 Å². The highest BCUT2D eigenvalue weighted by Crippen LogP contribution is 2.43. The molecular weight excluding hydrogens is 1540 g/mol. The van der Waals surface area contributed by atoms with Crippen LogP contribution in [0.15, 0.2) is 190 Å². The van der Waals surface area contributed by atoms with Crippen molar-refractivity contribution in [3.63, 3.8) is 0 Å². The predicted molar refractivity (Wildman–Crippen MR) is 457 cm³/mol. The Kier molecular flexibility index (Phi) is 20.7. The lowest BCUT2D eigenvalue weighted by atomic mass is 9.87. The van der Waals surface area contributed by atoms with Crippen LogP contribution in [0.3, 0.4) is 0 Å². The first kappa shape index (κ1) is 77.6. The van der Waals surface area contributed by atoms with Gasteiger partial charge in [0.15, 0.2) is 0 Å². The number of rotatable bonds is 16. The molecule has 0 amide bonds. The Morgan fingerprint density at radius 1 is 0.475 bits per heavy atom. The van der Waals surface area contributed by atoms with Crippen molar-refractivity contribution >= 4 is 61.8 Å². The zero-order chi connectivity index (χ0) is 82.9. The third kappa shape index (κ3) is 15.1. The van der Waals surface area contributed by atoms with E-state index in [4.69, 9.17) is 29.2 Å². The van der Waals surface area contributed by atoms with Crippen molar-refractivity contribution in [3.05, 3.63) is 246 Å². The second-order valence-electron chi connectivity index (χ2n) is 33.1. The number of pyridine rings is 9. The fourth-order valence-electron chi connectivity index (χ4n) is 19.3. The predicted octanol–water partition coefficient (Wildman–Crippen LogP) is 13.3. The third-order valence-electron chi connectivity index (χ3n) is 25.7. The molecule has 0 aliphatic carbocycles. The topological polar surface area (TPSA) is 265 Å². The molecule has 1 N–H and O–H groups in total. The van der Waals surface area contributed by atoms with Gasteiger partial charge in [-0.2, -0.15) is 44.3 Å². The molecule has 12 aliphatic rings. The molecule has 0 radical (unpaired) electrons. The second-order valence-corrected chi connectivity index (χ2v) is 33.1. The van der Waals surface area contributed by atoms with Gasteiger partial charge >= 0.3 is 6.18 Å². The Morgan fingerprint density at radius 2 is 0.910 bits per heavy atom. The third-order valence-corrected chi connectivity index (χ3v) is 25.7. The number of ether oxygens (including phenoxy) is 3. The Morgan fingerprint density at radius 3 is 1.29 bits per heavy atom. The molecule has 7 atom stereocenters. The van der Waals surface area contributed by atoms with E-state index in [1.165, 1.54) is 58.3 Å². The largest absolute Gasteiger partial charge is 0.481 e. The maximum Gasteiger partial charge on any atom is 0.433 e. The van der Waals surface area contributed by atoms with Crippen LogP contribution in [0.25, 0.3) is 77.7 Å². The number of anilines is 3. The number of methoxy groups -OCH3 is 1. The summed E-state index contributed by atoms with van der Waals surface area (Å²) in [4.78, 5) is 41.9. The van der Waals surface area contributed by atoms with Crippen molar-refractivity contribution in [1.82, 2.24) is 83.3 Å². The molecule has 26 nitrogen and oxygen atoms in total. The Bertz CT molecular complexity index is 6340. The SMILES string of the molecule is COc1ccc(CN2C3CC2CN(c2ccc(-c4cc(C5=CC(C)NCC5)cn5ncc(C#N)c45)cn2)C3)cn1.Cn1ccc2cc(CN3C4CC3CN(c3ccc(-c5cc(C6=CCOCC6)cn6ncc(C#N)c56)cn3)C4)cnc21.N#Cc1cnn2cc(C3=CCOCC3)cc(-c3ccc(N4CC5CC(C4)N5Cc4ccc(C(F)(F)F)nc4)nc3)c12. The number of fused-ring (bicyclic) bond motifs is 10. The smallest absolute Gasteiger partial charge is 0.433 e. The molecule has 0 spiro atoms. The molecular formula is C93H88F3N23O3. The van der Waals surface area contributed by atoms with E-state index in [0.29, 0.717) is 97.8 Å². The van der Waals surface area contributed by atoms with Crippen molar-refractivity contribution in [2.24, 2.45) is 7.05 Å². The number of halogens is 3. The molecule has 12 aliphatic heterocycles. The number of nitriles is 3. The van der Waals surface area contributed by atoms with Gasteiger partial charge in [-0.3, -0.25) is 19.7 Å². The quantitative estimate of drug-likeness (QED) is 0.0942. The fraction of sp³-hybridized carbons (Fsp3) is 0.333. The second kappa shape index (κ2) is 32.5. The van der Waals surface area contributed by atoms with Crippen LogP contribution in [0, 0.1) is 34.0 Å². The molecule has 122 heavy (non-hydrogen) atoms. The summed E-state index contributed by atoms with van der Waals surface area (Å²) in [7, 11) is 3.68. The first-order valence-electron chi connectivity index (χ1n) is 41.7. The molecule has 25 rings (SSSR count). The van der Waals surface area contributed by atoms with Crippen LogP contribution in [0.4, 0.5) is 30.6 Å². The van der Waals surface area contributed by atoms with Gasteiger partial charge in [-0.25, -0.2) is 38.5 Å². The van der Waals surface area contributed by atoms with Crippen molar-refractivity contribution in [3.8, 4) is 57.5 Å². The Labute approximate surface area is 702 Å². The van der Waals surface area contributed by atoms with Gasteiger partial charge in [-0.05, 0) is 175 Å². The average molecular weight is 1630 g/mol. The van der Waals surface area contributed by atoms with Crippen LogP contribution in [0.1, 0.15) is 101 Å². The van der Waals surface area contributed by atoms with Gasteiger partial charge < -0.3 is 38.8 Å². The van der Waals surface area contributed by atoms with Gasteiger partial charge in [0, 0.05) is 215 Å². The molecule has 614 valence electrons. The van der Waals surface area contributed by atoms with Gasteiger partial charge in [0.1, 0.15) is 47.0 Å². The maximum atomic E-state index is 12.8. The van der Waals surface area contributed by atoms with E-state index < -0.39 is 11.9 Å². The normalized spacial score (nSPS) is 21.4. The minimum Gasteiger partial charge on any atom is -0.481 e. The van der Waals surface area contributed by atoms with Crippen molar-refractivity contribution in [2.45, 2.75) is 114 Å². The molecule has 25 heterocycles. The highest BCUT2D eigenvalue weighted by atomic mass is 19.4. The molecule has 6 bridgehead atoms. The number of alkyl halides is 3. The number of aromatic nitrogens is 13. The number of hydrogen-bond acceptors (Lipinski definition) is 22. The molecule has 13 aromatic heterocycles. The Balaban J connectivity index is 0.000000116. The summed E-state index contributed by atoms with van der Waals surface area (Å²) in [6.07, 6.45) is 32.2. The summed E-state index contributed by atoms with van der Waals surface area (Å²) in [6, 6.07) is 40.0. The van der Waals surface area contributed by atoms with Gasteiger partial charge in [-0.15, -0.1) is 0 Å². The summed E-state index contributed by atoms with van der Waals surface area (Å²) < 4.78 is 62.2. The minimum atomic E-state index is -4.43. The number of nitrogens with one attached hydrogen (secondary N) is 1. The average Bonchev–Trinajstić information content (AvgIpc) is 1.49. The molecule has 9 saturated heterocycles.